The second kappa shape index (κ2) is 9.69. The minimum atomic E-state index is -0.312. The minimum Gasteiger partial charge on any atom is -0.481 e. The first-order valence-corrected chi connectivity index (χ1v) is 7.83. The van der Waals surface area contributed by atoms with Crippen molar-refractivity contribution in [2.24, 2.45) is 0 Å². The predicted octanol–water partition coefficient (Wildman–Crippen LogP) is 1.86. The van der Waals surface area contributed by atoms with Gasteiger partial charge < -0.3 is 20.1 Å². The quantitative estimate of drug-likeness (QED) is 0.774. The van der Waals surface area contributed by atoms with Crippen molar-refractivity contribution in [2.45, 2.75) is 6.92 Å². The van der Waals surface area contributed by atoms with Crippen molar-refractivity contribution in [1.29, 1.82) is 0 Å². The number of amides is 2. The van der Waals surface area contributed by atoms with Crippen LogP contribution in [0.4, 0.5) is 5.69 Å². The highest BCUT2D eigenvalue weighted by Crippen LogP contribution is 2.17. The van der Waals surface area contributed by atoms with Gasteiger partial charge in [0.15, 0.2) is 0 Å². The van der Waals surface area contributed by atoms with Crippen LogP contribution in [0.15, 0.2) is 42.6 Å². The fourth-order valence-electron chi connectivity index (χ4n) is 2.05. The molecule has 2 N–H and O–H groups in total. The van der Waals surface area contributed by atoms with Gasteiger partial charge in [-0.1, -0.05) is 17.9 Å². The molecule has 0 aliphatic rings. The number of methoxy groups -OCH3 is 1. The third-order valence-corrected chi connectivity index (χ3v) is 3.14. The van der Waals surface area contributed by atoms with Crippen molar-refractivity contribution in [3.63, 3.8) is 0 Å². The van der Waals surface area contributed by atoms with E-state index in [0.29, 0.717) is 17.0 Å². The van der Waals surface area contributed by atoms with E-state index in [2.05, 4.69) is 27.5 Å². The number of benzene rings is 1. The molecule has 0 saturated carbocycles. The summed E-state index contributed by atoms with van der Waals surface area (Å²) >= 11 is 0. The Morgan fingerprint density at radius 1 is 1.19 bits per heavy atom. The largest absolute Gasteiger partial charge is 0.481 e. The van der Waals surface area contributed by atoms with Crippen LogP contribution in [0.25, 0.3) is 0 Å². The molecule has 0 bridgehead atoms. The molecule has 26 heavy (non-hydrogen) atoms. The first-order chi connectivity index (χ1) is 12.6. The van der Waals surface area contributed by atoms with E-state index in [0.717, 1.165) is 0 Å². The molecule has 0 saturated heterocycles. The van der Waals surface area contributed by atoms with Gasteiger partial charge in [-0.15, -0.1) is 0 Å². The van der Waals surface area contributed by atoms with Crippen LogP contribution < -0.4 is 20.1 Å². The number of nitrogens with one attached hydrogen (secondary N) is 2. The minimum absolute atomic E-state index is 0.150. The lowest BCUT2D eigenvalue weighted by Crippen LogP contribution is -2.24. The highest BCUT2D eigenvalue weighted by atomic mass is 16.5. The summed E-state index contributed by atoms with van der Waals surface area (Å²) in [7, 11) is 1.46. The van der Waals surface area contributed by atoms with Gasteiger partial charge in [-0.25, -0.2) is 4.98 Å². The van der Waals surface area contributed by atoms with Gasteiger partial charge in [0, 0.05) is 24.9 Å². The van der Waals surface area contributed by atoms with Crippen LogP contribution >= 0.6 is 0 Å². The molecule has 0 atom stereocenters. The average molecular weight is 353 g/mol. The van der Waals surface area contributed by atoms with Gasteiger partial charge in [0.25, 0.3) is 5.91 Å². The van der Waals surface area contributed by atoms with Crippen molar-refractivity contribution in [1.82, 2.24) is 10.3 Å². The Hall–Kier alpha value is -3.53. The SMILES string of the molecule is COc1ncccc1C(=O)NCC#CCOc1cccc(NC(C)=O)c1. The molecule has 0 radical (unpaired) electrons. The van der Waals surface area contributed by atoms with Gasteiger partial charge in [0.2, 0.25) is 11.8 Å². The van der Waals surface area contributed by atoms with Gasteiger partial charge in [-0.2, -0.15) is 0 Å². The fourth-order valence-corrected chi connectivity index (χ4v) is 2.05. The number of carbonyl (C=O) groups excluding carboxylic acids is 2. The van der Waals surface area contributed by atoms with E-state index in [1.165, 1.54) is 14.0 Å². The van der Waals surface area contributed by atoms with Crippen molar-refractivity contribution in [3.05, 3.63) is 48.2 Å². The Kier molecular flexibility index (Phi) is 7.01. The number of rotatable bonds is 6. The zero-order valence-electron chi connectivity index (χ0n) is 14.5. The Balaban J connectivity index is 1.79. The lowest BCUT2D eigenvalue weighted by atomic mass is 10.2. The molecule has 2 aromatic rings. The zero-order chi connectivity index (χ0) is 18.8. The van der Waals surface area contributed by atoms with E-state index in [9.17, 15) is 9.59 Å². The Bertz CT molecular complexity index is 840. The summed E-state index contributed by atoms with van der Waals surface area (Å²) in [5.41, 5.74) is 1.00. The second-order valence-corrected chi connectivity index (χ2v) is 5.09. The van der Waals surface area contributed by atoms with E-state index in [4.69, 9.17) is 9.47 Å². The van der Waals surface area contributed by atoms with Gasteiger partial charge in [-0.05, 0) is 24.3 Å². The van der Waals surface area contributed by atoms with E-state index in [1.807, 2.05) is 0 Å². The Morgan fingerprint density at radius 2 is 2.04 bits per heavy atom. The predicted molar refractivity (Wildman–Crippen MR) is 97.1 cm³/mol. The molecule has 1 heterocycles. The molecule has 134 valence electrons. The normalized spacial score (nSPS) is 9.46. The molecule has 1 aromatic heterocycles. The number of carbonyl (C=O) groups is 2. The Labute approximate surface area is 151 Å². The number of hydrogen-bond donors (Lipinski definition) is 2. The molecule has 7 heteroatoms. The van der Waals surface area contributed by atoms with E-state index in [-0.39, 0.29) is 30.8 Å². The van der Waals surface area contributed by atoms with Crippen LogP contribution in [0, 0.1) is 11.8 Å². The third kappa shape index (κ3) is 5.83. The lowest BCUT2D eigenvalue weighted by molar-refractivity contribution is -0.114. The Morgan fingerprint density at radius 3 is 2.81 bits per heavy atom. The van der Waals surface area contributed by atoms with Crippen molar-refractivity contribution >= 4 is 17.5 Å². The highest BCUT2D eigenvalue weighted by Gasteiger charge is 2.11. The zero-order valence-corrected chi connectivity index (χ0v) is 14.5. The molecular formula is C19H19N3O4. The smallest absolute Gasteiger partial charge is 0.257 e. The van der Waals surface area contributed by atoms with E-state index < -0.39 is 0 Å². The van der Waals surface area contributed by atoms with E-state index in [1.54, 1.807) is 42.6 Å². The number of pyridine rings is 1. The summed E-state index contributed by atoms with van der Waals surface area (Å²) < 4.78 is 10.5. The molecular weight excluding hydrogens is 334 g/mol. The van der Waals surface area contributed by atoms with Crippen molar-refractivity contribution in [2.75, 3.05) is 25.6 Å². The number of hydrogen-bond acceptors (Lipinski definition) is 5. The topological polar surface area (TPSA) is 89.6 Å². The molecule has 0 spiro atoms. The maximum atomic E-state index is 12.0. The van der Waals surface area contributed by atoms with Gasteiger partial charge in [-0.3, -0.25) is 9.59 Å². The van der Waals surface area contributed by atoms with Gasteiger partial charge in [0.05, 0.1) is 13.7 Å². The summed E-state index contributed by atoms with van der Waals surface area (Å²) in [6, 6.07) is 10.3. The summed E-state index contributed by atoms with van der Waals surface area (Å²) in [4.78, 5) is 27.0. The first kappa shape index (κ1) is 18.8. The monoisotopic (exact) mass is 353 g/mol. The summed E-state index contributed by atoms with van der Waals surface area (Å²) in [6.07, 6.45) is 1.55. The molecule has 0 fully saturated rings. The maximum Gasteiger partial charge on any atom is 0.257 e. The maximum absolute atomic E-state index is 12.0. The molecule has 0 unspecified atom stereocenters. The summed E-state index contributed by atoms with van der Waals surface area (Å²) in [5, 5.41) is 5.34. The number of nitrogens with zero attached hydrogens (tertiary/aromatic N) is 1. The van der Waals surface area contributed by atoms with Gasteiger partial charge >= 0.3 is 0 Å². The number of aromatic nitrogens is 1. The first-order valence-electron chi connectivity index (χ1n) is 7.83. The number of ether oxygens (including phenoxy) is 2. The van der Waals surface area contributed by atoms with Crippen LogP contribution in [0.2, 0.25) is 0 Å². The fraction of sp³-hybridized carbons (Fsp3) is 0.211. The molecule has 7 nitrogen and oxygen atoms in total. The lowest BCUT2D eigenvalue weighted by Gasteiger charge is -2.06. The molecule has 1 aromatic carbocycles. The van der Waals surface area contributed by atoms with Crippen LogP contribution in [-0.4, -0.2) is 37.1 Å². The van der Waals surface area contributed by atoms with Crippen LogP contribution in [0.1, 0.15) is 17.3 Å². The van der Waals surface area contributed by atoms with Gasteiger partial charge in [0.1, 0.15) is 17.9 Å². The molecule has 0 aliphatic heterocycles. The molecule has 2 amide bonds. The highest BCUT2D eigenvalue weighted by molar-refractivity contribution is 5.96. The second-order valence-electron chi connectivity index (χ2n) is 5.09. The summed E-state index contributed by atoms with van der Waals surface area (Å²) in [5.74, 6) is 6.01. The molecule has 0 aliphatic carbocycles. The van der Waals surface area contributed by atoms with Crippen molar-refractivity contribution in [3.8, 4) is 23.5 Å². The van der Waals surface area contributed by atoms with Crippen molar-refractivity contribution < 1.29 is 19.1 Å². The number of anilines is 1. The van der Waals surface area contributed by atoms with Crippen LogP contribution in [-0.2, 0) is 4.79 Å². The van der Waals surface area contributed by atoms with Crippen LogP contribution in [0.5, 0.6) is 11.6 Å². The third-order valence-electron chi connectivity index (χ3n) is 3.14. The van der Waals surface area contributed by atoms with Crippen LogP contribution in [0.3, 0.4) is 0 Å². The summed E-state index contributed by atoms with van der Waals surface area (Å²) in [6.45, 7) is 1.77. The average Bonchev–Trinajstić information content (AvgIpc) is 2.64. The molecule has 2 rings (SSSR count). The van der Waals surface area contributed by atoms with E-state index >= 15 is 0 Å². The standard InChI is InChI=1S/C19H19N3O4/c1-14(23)22-15-7-5-8-16(13-15)26-12-4-3-10-20-18(24)17-9-6-11-21-19(17)25-2/h5-9,11,13H,10,12H2,1-2H3,(H,20,24)(H,22,23).